The molecule has 27 heavy (non-hydrogen) atoms. The van der Waals surface area contributed by atoms with Crippen molar-refractivity contribution in [2.45, 2.75) is 30.2 Å². The van der Waals surface area contributed by atoms with Crippen LogP contribution in [0.25, 0.3) is 0 Å². The number of benzene rings is 2. The smallest absolute Gasteiger partial charge is 0.321 e. The molecule has 0 saturated carbocycles. The monoisotopic (exact) mass is 361 g/mol. The molecule has 2 bridgehead atoms. The molecule has 5 heteroatoms. The average Bonchev–Trinajstić information content (AvgIpc) is 3.29. The summed E-state index contributed by atoms with van der Waals surface area (Å²) >= 11 is 0. The molecule has 1 spiro atoms. The summed E-state index contributed by atoms with van der Waals surface area (Å²) in [7, 11) is 1.39. The number of fused-ring (bicyclic) bond motifs is 3. The first kappa shape index (κ1) is 16.3. The molecule has 3 aliphatic rings. The molecule has 3 atom stereocenters. The first-order chi connectivity index (χ1) is 13.1. The number of hydrogen-bond acceptors (Lipinski definition) is 4. The van der Waals surface area contributed by atoms with E-state index >= 15 is 0 Å². The van der Waals surface area contributed by atoms with E-state index in [-0.39, 0.29) is 18.0 Å². The second kappa shape index (κ2) is 5.54. The van der Waals surface area contributed by atoms with Gasteiger partial charge in [0.25, 0.3) is 5.91 Å². The van der Waals surface area contributed by atoms with E-state index in [1.165, 1.54) is 7.11 Å². The van der Waals surface area contributed by atoms with Crippen LogP contribution in [0.5, 0.6) is 0 Å². The molecule has 1 saturated heterocycles. The number of carbonyl (C=O) groups excluding carboxylic acids is 2. The lowest BCUT2D eigenvalue weighted by Crippen LogP contribution is -2.67. The number of esters is 1. The lowest BCUT2D eigenvalue weighted by atomic mass is 9.63. The van der Waals surface area contributed by atoms with Crippen molar-refractivity contribution in [2.75, 3.05) is 7.11 Å². The van der Waals surface area contributed by atoms with Gasteiger partial charge in [-0.15, -0.1) is 0 Å². The van der Waals surface area contributed by atoms with Crippen LogP contribution >= 0.6 is 0 Å². The molecule has 2 aromatic carbocycles. The molecule has 0 radical (unpaired) electrons. The summed E-state index contributed by atoms with van der Waals surface area (Å²) in [4.78, 5) is 28.3. The van der Waals surface area contributed by atoms with Gasteiger partial charge in [0.15, 0.2) is 5.72 Å². The van der Waals surface area contributed by atoms with Crippen LogP contribution < -0.4 is 0 Å². The fourth-order valence-electron chi connectivity index (χ4n) is 4.84. The Morgan fingerprint density at radius 2 is 1.93 bits per heavy atom. The highest BCUT2D eigenvalue weighted by molar-refractivity contribution is 6.03. The van der Waals surface area contributed by atoms with Crippen LogP contribution in [-0.4, -0.2) is 35.7 Å². The Bertz CT molecular complexity index is 969. The van der Waals surface area contributed by atoms with Gasteiger partial charge < -0.3 is 14.4 Å². The molecule has 1 fully saturated rings. The highest BCUT2D eigenvalue weighted by Crippen LogP contribution is 2.59. The molecule has 1 amide bonds. The third-order valence-corrected chi connectivity index (χ3v) is 5.97. The average molecular weight is 361 g/mol. The zero-order valence-electron chi connectivity index (χ0n) is 14.9. The summed E-state index contributed by atoms with van der Waals surface area (Å²) < 4.78 is 11.5. The Balaban J connectivity index is 1.75. The van der Waals surface area contributed by atoms with Gasteiger partial charge in [0, 0.05) is 18.5 Å². The number of ether oxygens (including phenoxy) is 2. The molecule has 5 rings (SSSR count). The molecule has 2 aromatic rings. The van der Waals surface area contributed by atoms with Crippen LogP contribution in [0.2, 0.25) is 0 Å². The molecule has 3 aliphatic heterocycles. The van der Waals surface area contributed by atoms with Gasteiger partial charge in [0.1, 0.15) is 5.41 Å². The SMILES string of the molecule is COC(=O)[C@]12C[C@@H]3C=C[C@@]1(O3)N(Cc1ccccc1)C(=O)c1ccccc12. The zero-order valence-corrected chi connectivity index (χ0v) is 14.9. The Morgan fingerprint density at radius 1 is 1.19 bits per heavy atom. The summed E-state index contributed by atoms with van der Waals surface area (Å²) in [5.41, 5.74) is -0.00954. The van der Waals surface area contributed by atoms with E-state index in [2.05, 4.69) is 0 Å². The minimum Gasteiger partial charge on any atom is -0.468 e. The first-order valence-corrected chi connectivity index (χ1v) is 9.03. The largest absolute Gasteiger partial charge is 0.468 e. The maximum atomic E-state index is 13.5. The fourth-order valence-corrected chi connectivity index (χ4v) is 4.84. The van der Waals surface area contributed by atoms with Gasteiger partial charge in [-0.1, -0.05) is 54.6 Å². The van der Waals surface area contributed by atoms with E-state index in [4.69, 9.17) is 9.47 Å². The molecule has 0 N–H and O–H groups in total. The summed E-state index contributed by atoms with van der Waals surface area (Å²) in [6.07, 6.45) is 4.06. The molecule has 0 unspecified atom stereocenters. The summed E-state index contributed by atoms with van der Waals surface area (Å²) in [6.45, 7) is 0.351. The number of nitrogens with zero attached hydrogens (tertiary/aromatic N) is 1. The van der Waals surface area contributed by atoms with E-state index in [1.807, 2.05) is 60.7 Å². The van der Waals surface area contributed by atoms with E-state index in [9.17, 15) is 9.59 Å². The van der Waals surface area contributed by atoms with Gasteiger partial charge in [-0.3, -0.25) is 9.59 Å². The Hall–Kier alpha value is -2.92. The van der Waals surface area contributed by atoms with Crippen LogP contribution in [0, 0.1) is 0 Å². The van der Waals surface area contributed by atoms with Gasteiger partial charge in [0.2, 0.25) is 0 Å². The van der Waals surface area contributed by atoms with Crippen LogP contribution in [0.4, 0.5) is 0 Å². The summed E-state index contributed by atoms with van der Waals surface area (Å²) in [5, 5.41) is 0. The molecule has 0 aliphatic carbocycles. The van der Waals surface area contributed by atoms with E-state index < -0.39 is 11.1 Å². The number of rotatable bonds is 3. The Morgan fingerprint density at radius 3 is 2.67 bits per heavy atom. The lowest BCUT2D eigenvalue weighted by Gasteiger charge is -2.51. The van der Waals surface area contributed by atoms with Gasteiger partial charge in [-0.05, 0) is 23.3 Å². The van der Waals surface area contributed by atoms with Crippen molar-refractivity contribution in [3.05, 3.63) is 83.4 Å². The predicted octanol–water partition coefficient (Wildman–Crippen LogP) is 2.81. The number of amides is 1. The van der Waals surface area contributed by atoms with E-state index in [0.717, 1.165) is 5.56 Å². The van der Waals surface area contributed by atoms with Crippen LogP contribution in [0.1, 0.15) is 27.9 Å². The van der Waals surface area contributed by atoms with Crippen molar-refractivity contribution in [3.63, 3.8) is 0 Å². The molecule has 5 nitrogen and oxygen atoms in total. The fraction of sp³-hybridized carbons (Fsp3) is 0.273. The van der Waals surface area contributed by atoms with E-state index in [0.29, 0.717) is 24.1 Å². The maximum Gasteiger partial charge on any atom is 0.321 e. The van der Waals surface area contributed by atoms with E-state index in [1.54, 1.807) is 11.0 Å². The van der Waals surface area contributed by atoms with Crippen LogP contribution in [0.15, 0.2) is 66.7 Å². The number of hydrogen-bond donors (Lipinski definition) is 0. The minimum atomic E-state index is -1.16. The topological polar surface area (TPSA) is 55.8 Å². The number of methoxy groups -OCH3 is 1. The third-order valence-electron chi connectivity index (χ3n) is 5.97. The minimum absolute atomic E-state index is 0.138. The molecular weight excluding hydrogens is 342 g/mol. The molecule has 3 heterocycles. The van der Waals surface area contributed by atoms with Gasteiger partial charge >= 0.3 is 5.97 Å². The Kier molecular flexibility index (Phi) is 3.34. The quantitative estimate of drug-likeness (QED) is 0.623. The highest BCUT2D eigenvalue weighted by Gasteiger charge is 2.72. The molecular formula is C22H19NO4. The summed E-state index contributed by atoms with van der Waals surface area (Å²) in [5.74, 6) is -0.506. The second-order valence-corrected chi connectivity index (χ2v) is 7.24. The van der Waals surface area contributed by atoms with Crippen molar-refractivity contribution in [1.82, 2.24) is 4.90 Å². The standard InChI is InChI=1S/C22H19NO4/c1-26-20(25)21-13-16-11-12-22(21,27-16)23(14-15-7-3-2-4-8-15)19(24)17-9-5-6-10-18(17)21/h2-12,16H,13-14H2,1H3/t16-,21+,22-/m0/s1. The van der Waals surface area contributed by atoms with Crippen LogP contribution in [0.3, 0.4) is 0 Å². The van der Waals surface area contributed by atoms with Crippen molar-refractivity contribution in [1.29, 1.82) is 0 Å². The van der Waals surface area contributed by atoms with Gasteiger partial charge in [0.05, 0.1) is 13.2 Å². The maximum absolute atomic E-state index is 13.5. The lowest BCUT2D eigenvalue weighted by molar-refractivity contribution is -0.165. The van der Waals surface area contributed by atoms with Gasteiger partial charge in [-0.25, -0.2) is 0 Å². The third kappa shape index (κ3) is 1.92. The normalized spacial score (nSPS) is 30.2. The molecule has 136 valence electrons. The molecule has 0 aromatic heterocycles. The number of carbonyl (C=O) groups is 2. The van der Waals surface area contributed by atoms with Crippen LogP contribution in [-0.2, 0) is 26.2 Å². The highest BCUT2D eigenvalue weighted by atomic mass is 16.6. The first-order valence-electron chi connectivity index (χ1n) is 9.03. The predicted molar refractivity (Wildman–Crippen MR) is 97.8 cm³/mol. The van der Waals surface area contributed by atoms with Gasteiger partial charge in [-0.2, -0.15) is 0 Å². The van der Waals surface area contributed by atoms with Crippen molar-refractivity contribution >= 4 is 11.9 Å². The van der Waals surface area contributed by atoms with Crippen molar-refractivity contribution in [2.24, 2.45) is 0 Å². The Labute approximate surface area is 157 Å². The van der Waals surface area contributed by atoms with Crippen molar-refractivity contribution in [3.8, 4) is 0 Å². The summed E-state index contributed by atoms with van der Waals surface area (Å²) in [6, 6.07) is 17.1. The zero-order chi connectivity index (χ0) is 18.6. The van der Waals surface area contributed by atoms with Crippen molar-refractivity contribution < 1.29 is 19.1 Å². The second-order valence-electron chi connectivity index (χ2n) is 7.24.